The Bertz CT molecular complexity index is 490. The Kier molecular flexibility index (Phi) is 15.2. The Morgan fingerprint density at radius 1 is 0.857 bits per heavy atom. The van der Waals surface area contributed by atoms with Gasteiger partial charge in [0.05, 0.1) is 0 Å². The van der Waals surface area contributed by atoms with Gasteiger partial charge in [-0.25, -0.2) is 0 Å². The quantitative estimate of drug-likeness (QED) is 0.183. The zero-order chi connectivity index (χ0) is 21.5. The molecule has 0 aliphatic rings. The lowest BCUT2D eigenvalue weighted by Crippen LogP contribution is -2.15. The molecular weight excluding hydrogens is 336 g/mol. The first-order valence-corrected chi connectivity index (χ1v) is 12.0. The topological polar surface area (TPSA) is 0 Å². The maximum atomic E-state index is 4.38. The fourth-order valence-electron chi connectivity index (χ4n) is 4.18. The van der Waals surface area contributed by atoms with Gasteiger partial charge in [-0.2, -0.15) is 0 Å². The lowest BCUT2D eigenvalue weighted by atomic mass is 9.79. The van der Waals surface area contributed by atoms with Crippen molar-refractivity contribution in [2.75, 3.05) is 0 Å². The van der Waals surface area contributed by atoms with Crippen LogP contribution in [0.3, 0.4) is 0 Å². The zero-order valence-corrected chi connectivity index (χ0v) is 20.3. The summed E-state index contributed by atoms with van der Waals surface area (Å²) in [6.45, 7) is 24.7. The summed E-state index contributed by atoms with van der Waals surface area (Å²) in [4.78, 5) is 0. The summed E-state index contributed by atoms with van der Waals surface area (Å²) in [5.74, 6) is 2.92. The number of hydrogen-bond acceptors (Lipinski definition) is 0. The minimum atomic E-state index is 0.625. The molecule has 0 aromatic rings. The first-order valence-electron chi connectivity index (χ1n) is 12.0. The van der Waals surface area contributed by atoms with Crippen LogP contribution in [-0.4, -0.2) is 0 Å². The minimum Gasteiger partial charge on any atom is -0.0996 e. The van der Waals surface area contributed by atoms with E-state index in [4.69, 9.17) is 0 Å². The van der Waals surface area contributed by atoms with E-state index in [0.717, 1.165) is 23.8 Å². The molecule has 0 N–H and O–H groups in total. The third kappa shape index (κ3) is 12.4. The molecule has 4 atom stereocenters. The van der Waals surface area contributed by atoms with Crippen LogP contribution in [0.15, 0.2) is 48.1 Å². The van der Waals surface area contributed by atoms with Crippen molar-refractivity contribution in [3.63, 3.8) is 0 Å². The molecule has 0 amide bonds. The van der Waals surface area contributed by atoms with Gasteiger partial charge in [0.1, 0.15) is 0 Å². The van der Waals surface area contributed by atoms with Crippen LogP contribution in [0.25, 0.3) is 0 Å². The van der Waals surface area contributed by atoms with E-state index in [1.165, 1.54) is 62.5 Å². The van der Waals surface area contributed by atoms with Gasteiger partial charge >= 0.3 is 0 Å². The Morgan fingerprint density at radius 3 is 2.07 bits per heavy atom. The Hall–Kier alpha value is -1.04. The molecule has 0 aromatic heterocycles. The van der Waals surface area contributed by atoms with Gasteiger partial charge in [0.25, 0.3) is 0 Å². The average molecular weight is 387 g/mol. The SMILES string of the molecule is C=C(/C=C\C(C)CCC(C)CCC(C(=C)CC)C(C)CCC)/C=C(\C)CCC. The molecule has 0 rings (SSSR count). The maximum Gasteiger partial charge on any atom is -0.0180 e. The van der Waals surface area contributed by atoms with Crippen molar-refractivity contribution in [1.82, 2.24) is 0 Å². The van der Waals surface area contributed by atoms with Crippen molar-refractivity contribution in [3.05, 3.63) is 48.1 Å². The Labute approximate surface area is 178 Å². The average Bonchev–Trinajstić information content (AvgIpc) is 2.64. The molecule has 0 aliphatic heterocycles. The van der Waals surface area contributed by atoms with Gasteiger partial charge in [-0.3, -0.25) is 0 Å². The van der Waals surface area contributed by atoms with Crippen molar-refractivity contribution in [2.24, 2.45) is 23.7 Å². The molecule has 28 heavy (non-hydrogen) atoms. The summed E-state index contributed by atoms with van der Waals surface area (Å²) in [6.07, 6.45) is 18.1. The normalized spacial score (nSPS) is 16.8. The second-order valence-electron chi connectivity index (χ2n) is 9.30. The lowest BCUT2D eigenvalue weighted by Gasteiger charge is -2.27. The third-order valence-corrected chi connectivity index (χ3v) is 6.21. The monoisotopic (exact) mass is 386 g/mol. The summed E-state index contributed by atoms with van der Waals surface area (Å²) in [6, 6.07) is 0. The second-order valence-corrected chi connectivity index (χ2v) is 9.30. The molecule has 0 heteroatoms. The molecule has 0 spiro atoms. The molecule has 0 bridgehead atoms. The molecule has 4 unspecified atom stereocenters. The standard InChI is InChI=1S/C28H50/c1-10-13-24(6)21-25(7)18-17-22(4)15-16-23(5)19-20-28(26(8)12-3)27(9)14-11-2/h17-18,21-23,27-28H,7-8,10-16,19-20H2,1-6,9H3/b18-17-,24-21+. The highest BCUT2D eigenvalue weighted by atomic mass is 14.2. The van der Waals surface area contributed by atoms with E-state index in [-0.39, 0.29) is 0 Å². The molecule has 0 heterocycles. The highest BCUT2D eigenvalue weighted by Gasteiger charge is 2.19. The van der Waals surface area contributed by atoms with Crippen LogP contribution in [-0.2, 0) is 0 Å². The summed E-state index contributed by atoms with van der Waals surface area (Å²) in [7, 11) is 0. The van der Waals surface area contributed by atoms with Gasteiger partial charge in [0, 0.05) is 0 Å². The molecule has 0 saturated carbocycles. The highest BCUT2D eigenvalue weighted by Crippen LogP contribution is 2.32. The van der Waals surface area contributed by atoms with Crippen molar-refractivity contribution in [1.29, 1.82) is 0 Å². The van der Waals surface area contributed by atoms with Crippen LogP contribution < -0.4 is 0 Å². The van der Waals surface area contributed by atoms with Gasteiger partial charge in [0.2, 0.25) is 0 Å². The van der Waals surface area contributed by atoms with Crippen molar-refractivity contribution >= 4 is 0 Å². The molecule has 0 aliphatic carbocycles. The van der Waals surface area contributed by atoms with E-state index < -0.39 is 0 Å². The highest BCUT2D eigenvalue weighted by molar-refractivity contribution is 5.30. The van der Waals surface area contributed by atoms with Crippen molar-refractivity contribution in [3.8, 4) is 0 Å². The van der Waals surface area contributed by atoms with E-state index in [9.17, 15) is 0 Å². The number of rotatable bonds is 16. The summed E-state index contributed by atoms with van der Waals surface area (Å²) >= 11 is 0. The van der Waals surface area contributed by atoms with E-state index >= 15 is 0 Å². The van der Waals surface area contributed by atoms with Gasteiger partial charge in [-0.15, -0.1) is 0 Å². The smallest absolute Gasteiger partial charge is 0.0180 e. The molecule has 0 radical (unpaired) electrons. The van der Waals surface area contributed by atoms with Crippen LogP contribution in [0.4, 0.5) is 0 Å². The summed E-state index contributed by atoms with van der Waals surface area (Å²) < 4.78 is 0. The predicted octanol–water partition coefficient (Wildman–Crippen LogP) is 9.70. The molecule has 0 nitrogen and oxygen atoms in total. The number of hydrogen-bond donors (Lipinski definition) is 0. The zero-order valence-electron chi connectivity index (χ0n) is 20.3. The molecule has 162 valence electrons. The van der Waals surface area contributed by atoms with Gasteiger partial charge in [-0.05, 0) is 61.9 Å². The van der Waals surface area contributed by atoms with E-state index in [0.29, 0.717) is 11.8 Å². The van der Waals surface area contributed by atoms with E-state index in [1.807, 2.05) is 0 Å². The van der Waals surface area contributed by atoms with Gasteiger partial charge in [-0.1, -0.05) is 116 Å². The van der Waals surface area contributed by atoms with Crippen LogP contribution in [0.5, 0.6) is 0 Å². The van der Waals surface area contributed by atoms with Crippen LogP contribution >= 0.6 is 0 Å². The van der Waals surface area contributed by atoms with Gasteiger partial charge in [0.15, 0.2) is 0 Å². The minimum absolute atomic E-state index is 0.625. The first-order chi connectivity index (χ1) is 13.2. The third-order valence-electron chi connectivity index (χ3n) is 6.21. The Morgan fingerprint density at radius 2 is 1.50 bits per heavy atom. The fraction of sp³-hybridized carbons (Fsp3) is 0.714. The number of allylic oxidation sites excluding steroid dienone is 6. The molecule has 0 fully saturated rings. The molecular formula is C28H50. The van der Waals surface area contributed by atoms with Crippen LogP contribution in [0.2, 0.25) is 0 Å². The van der Waals surface area contributed by atoms with Crippen LogP contribution in [0, 0.1) is 23.7 Å². The van der Waals surface area contributed by atoms with E-state index in [2.05, 4.69) is 79.9 Å². The van der Waals surface area contributed by atoms with Crippen molar-refractivity contribution in [2.45, 2.75) is 106 Å². The van der Waals surface area contributed by atoms with E-state index in [1.54, 1.807) is 0 Å². The maximum absolute atomic E-state index is 4.38. The van der Waals surface area contributed by atoms with Gasteiger partial charge < -0.3 is 0 Å². The van der Waals surface area contributed by atoms with Crippen LogP contribution in [0.1, 0.15) is 106 Å². The summed E-state index contributed by atoms with van der Waals surface area (Å²) in [5.41, 5.74) is 4.03. The molecule has 0 aromatic carbocycles. The predicted molar refractivity (Wildman–Crippen MR) is 131 cm³/mol. The fourth-order valence-corrected chi connectivity index (χ4v) is 4.18. The lowest BCUT2D eigenvalue weighted by molar-refractivity contribution is 0.317. The molecule has 0 saturated heterocycles. The first kappa shape index (κ1) is 27.0. The van der Waals surface area contributed by atoms with Crippen molar-refractivity contribution < 1.29 is 0 Å². The Balaban J connectivity index is 4.39. The second kappa shape index (κ2) is 15.8. The summed E-state index contributed by atoms with van der Waals surface area (Å²) in [5, 5.41) is 0. The largest absolute Gasteiger partial charge is 0.0996 e.